The summed E-state index contributed by atoms with van der Waals surface area (Å²) >= 11 is 0. The Balaban J connectivity index is 2.23. The monoisotopic (exact) mass is 277 g/mol. The number of benzene rings is 1. The Morgan fingerprint density at radius 1 is 1.10 bits per heavy atom. The van der Waals surface area contributed by atoms with Crippen molar-refractivity contribution in [1.29, 1.82) is 0 Å². The third-order valence-electron chi connectivity index (χ3n) is 2.89. The van der Waals surface area contributed by atoms with Gasteiger partial charge in [-0.25, -0.2) is 0 Å². The molecule has 1 aliphatic rings. The second-order valence-corrected chi connectivity index (χ2v) is 4.36. The summed E-state index contributed by atoms with van der Waals surface area (Å²) in [6, 6.07) is 3.15. The second-order valence-electron chi connectivity index (χ2n) is 4.36. The maximum Gasteiger partial charge on any atom is 0.253 e. The Labute approximate surface area is 114 Å². The molecule has 1 N–H and O–H groups in total. The summed E-state index contributed by atoms with van der Waals surface area (Å²) in [5, 5.41) is 24.0. The topological polar surface area (TPSA) is 119 Å². The molecule has 1 saturated heterocycles. The van der Waals surface area contributed by atoms with Crippen LogP contribution in [0.3, 0.4) is 0 Å². The van der Waals surface area contributed by atoms with E-state index in [4.69, 9.17) is 4.74 Å². The molecule has 1 atom stereocenters. The number of amides is 1. The molecule has 0 saturated carbocycles. The van der Waals surface area contributed by atoms with Gasteiger partial charge in [-0.3, -0.25) is 4.79 Å². The van der Waals surface area contributed by atoms with E-state index in [-0.39, 0.29) is 16.8 Å². The van der Waals surface area contributed by atoms with Crippen LogP contribution in [0.5, 0.6) is 0 Å². The first-order chi connectivity index (χ1) is 9.47. The second kappa shape index (κ2) is 5.70. The summed E-state index contributed by atoms with van der Waals surface area (Å²) in [7, 11) is 0. The van der Waals surface area contributed by atoms with Crippen molar-refractivity contribution in [3.05, 3.63) is 29.3 Å². The lowest BCUT2D eigenvalue weighted by Gasteiger charge is -2.14. The van der Waals surface area contributed by atoms with Crippen LogP contribution in [-0.4, -0.2) is 30.6 Å². The van der Waals surface area contributed by atoms with Gasteiger partial charge < -0.3 is 29.9 Å². The van der Waals surface area contributed by atoms with Crippen molar-refractivity contribution in [3.63, 3.8) is 0 Å². The predicted molar refractivity (Wildman–Crippen MR) is 62.7 cm³/mol. The maximum atomic E-state index is 11.8. The van der Waals surface area contributed by atoms with Gasteiger partial charge in [0.05, 0.1) is 11.9 Å². The zero-order valence-corrected chi connectivity index (χ0v) is 10.4. The minimum atomic E-state index is -1.54. The Hall–Kier alpha value is -2.41. The SMILES string of the molecule is O=C([O-])c1cc(NC(=O)[C@@H]2CCCO2)cc(C(=O)[O-])c1. The zero-order chi connectivity index (χ0) is 14.7. The summed E-state index contributed by atoms with van der Waals surface area (Å²) < 4.78 is 5.17. The molecule has 7 heteroatoms. The molecular weight excluding hydrogens is 266 g/mol. The van der Waals surface area contributed by atoms with Gasteiger partial charge >= 0.3 is 0 Å². The largest absolute Gasteiger partial charge is 0.545 e. The van der Waals surface area contributed by atoms with E-state index in [1.165, 1.54) is 0 Å². The number of hydrogen-bond acceptors (Lipinski definition) is 6. The van der Waals surface area contributed by atoms with Gasteiger partial charge in [0, 0.05) is 12.3 Å². The van der Waals surface area contributed by atoms with Gasteiger partial charge in [0.2, 0.25) is 0 Å². The molecule has 0 radical (unpaired) electrons. The first-order valence-electron chi connectivity index (χ1n) is 5.97. The van der Waals surface area contributed by atoms with Gasteiger partial charge in [0.15, 0.2) is 0 Å². The molecule has 20 heavy (non-hydrogen) atoms. The average Bonchev–Trinajstić information content (AvgIpc) is 2.92. The predicted octanol–water partition coefficient (Wildman–Crippen LogP) is -1.47. The molecule has 0 aromatic heterocycles. The molecule has 7 nitrogen and oxygen atoms in total. The number of carboxylic acids is 2. The normalized spacial score (nSPS) is 17.7. The number of hydrogen-bond donors (Lipinski definition) is 1. The van der Waals surface area contributed by atoms with Crippen LogP contribution in [0.25, 0.3) is 0 Å². The zero-order valence-electron chi connectivity index (χ0n) is 10.4. The van der Waals surface area contributed by atoms with Crippen molar-refractivity contribution < 1.29 is 29.3 Å². The molecular formula is C13H11NO6-2. The van der Waals surface area contributed by atoms with Gasteiger partial charge in [-0.2, -0.15) is 0 Å². The molecule has 1 heterocycles. The van der Waals surface area contributed by atoms with Crippen molar-refractivity contribution >= 4 is 23.5 Å². The summed E-state index contributed by atoms with van der Waals surface area (Å²) in [5.41, 5.74) is -0.657. The third-order valence-corrected chi connectivity index (χ3v) is 2.89. The fraction of sp³-hybridized carbons (Fsp3) is 0.308. The first-order valence-corrected chi connectivity index (χ1v) is 5.97. The molecule has 1 amide bonds. The van der Waals surface area contributed by atoms with Crippen LogP contribution in [0.1, 0.15) is 33.6 Å². The highest BCUT2D eigenvalue weighted by Gasteiger charge is 2.23. The number of ether oxygens (including phenoxy) is 1. The van der Waals surface area contributed by atoms with Crippen LogP contribution in [-0.2, 0) is 9.53 Å². The van der Waals surface area contributed by atoms with Gasteiger partial charge in [-0.15, -0.1) is 0 Å². The smallest absolute Gasteiger partial charge is 0.253 e. The number of nitrogens with one attached hydrogen (secondary N) is 1. The molecule has 2 rings (SSSR count). The van der Waals surface area contributed by atoms with Crippen LogP contribution < -0.4 is 15.5 Å². The van der Waals surface area contributed by atoms with Crippen LogP contribution in [0, 0.1) is 0 Å². The Morgan fingerprint density at radius 2 is 1.70 bits per heavy atom. The van der Waals surface area contributed by atoms with Gasteiger partial charge in [0.1, 0.15) is 6.10 Å². The van der Waals surface area contributed by atoms with Gasteiger partial charge in [-0.05, 0) is 42.2 Å². The highest BCUT2D eigenvalue weighted by molar-refractivity contribution is 5.98. The van der Waals surface area contributed by atoms with Crippen molar-refractivity contribution in [2.24, 2.45) is 0 Å². The molecule has 1 aromatic carbocycles. The van der Waals surface area contributed by atoms with Crippen molar-refractivity contribution in [1.82, 2.24) is 0 Å². The molecule has 1 aromatic rings. The quantitative estimate of drug-likeness (QED) is 0.717. The molecule has 0 aliphatic carbocycles. The lowest BCUT2D eigenvalue weighted by atomic mass is 10.1. The molecule has 0 unspecified atom stereocenters. The van der Waals surface area contributed by atoms with Crippen LogP contribution in [0.15, 0.2) is 18.2 Å². The molecule has 1 aliphatic heterocycles. The van der Waals surface area contributed by atoms with E-state index in [1.54, 1.807) is 0 Å². The minimum absolute atomic E-state index is 0.0476. The lowest BCUT2D eigenvalue weighted by Crippen LogP contribution is -2.29. The van der Waals surface area contributed by atoms with E-state index in [1.807, 2.05) is 0 Å². The maximum absolute atomic E-state index is 11.8. The first kappa shape index (κ1) is 14.0. The van der Waals surface area contributed by atoms with Crippen LogP contribution in [0.4, 0.5) is 5.69 Å². The molecule has 0 spiro atoms. The highest BCUT2D eigenvalue weighted by Crippen LogP contribution is 2.18. The third kappa shape index (κ3) is 3.12. The Morgan fingerprint density at radius 3 is 2.15 bits per heavy atom. The van der Waals surface area contributed by atoms with Gasteiger partial charge in [-0.1, -0.05) is 0 Å². The summed E-state index contributed by atoms with van der Waals surface area (Å²) in [5.74, 6) is -3.52. The van der Waals surface area contributed by atoms with E-state index < -0.39 is 23.9 Å². The number of carboxylic acid groups (broad SMARTS) is 2. The summed E-state index contributed by atoms with van der Waals surface area (Å²) in [6.07, 6.45) is 0.730. The Bertz CT molecular complexity index is 530. The number of carbonyl (C=O) groups is 3. The standard InChI is InChI=1S/C13H13NO6/c15-11(10-2-1-3-20-10)14-9-5-7(12(16)17)4-8(6-9)13(18)19/h4-6,10H,1-3H2,(H,14,15)(H,16,17)(H,18,19)/p-2/t10-/m0/s1. The van der Waals surface area contributed by atoms with E-state index in [9.17, 15) is 24.6 Å². The number of rotatable bonds is 4. The van der Waals surface area contributed by atoms with Gasteiger partial charge in [0.25, 0.3) is 5.91 Å². The molecule has 106 valence electrons. The summed E-state index contributed by atoms with van der Waals surface area (Å²) in [6.45, 7) is 0.488. The number of carbonyl (C=O) groups excluding carboxylic acids is 3. The van der Waals surface area contributed by atoms with Crippen LogP contribution in [0.2, 0.25) is 0 Å². The minimum Gasteiger partial charge on any atom is -0.545 e. The average molecular weight is 277 g/mol. The highest BCUT2D eigenvalue weighted by atomic mass is 16.5. The van der Waals surface area contributed by atoms with Crippen LogP contribution >= 0.6 is 0 Å². The number of aromatic carboxylic acids is 2. The fourth-order valence-corrected chi connectivity index (χ4v) is 1.94. The van der Waals surface area contributed by atoms with E-state index in [0.717, 1.165) is 24.6 Å². The van der Waals surface area contributed by atoms with E-state index in [0.29, 0.717) is 13.0 Å². The van der Waals surface area contributed by atoms with Crippen molar-refractivity contribution in [2.45, 2.75) is 18.9 Å². The van der Waals surface area contributed by atoms with E-state index >= 15 is 0 Å². The van der Waals surface area contributed by atoms with Crippen molar-refractivity contribution in [3.8, 4) is 0 Å². The lowest BCUT2D eigenvalue weighted by molar-refractivity contribution is -0.255. The Kier molecular flexibility index (Phi) is 3.99. The molecule has 0 bridgehead atoms. The van der Waals surface area contributed by atoms with E-state index in [2.05, 4.69) is 5.32 Å². The number of anilines is 1. The molecule has 1 fully saturated rings. The summed E-state index contributed by atoms with van der Waals surface area (Å²) in [4.78, 5) is 33.4. The fourth-order valence-electron chi connectivity index (χ4n) is 1.94. The van der Waals surface area contributed by atoms with Crippen molar-refractivity contribution in [2.75, 3.05) is 11.9 Å².